The lowest BCUT2D eigenvalue weighted by Gasteiger charge is -2.08. The fourth-order valence-electron chi connectivity index (χ4n) is 3.46. The molecule has 0 aliphatic heterocycles. The molecule has 0 atom stereocenters. The largest absolute Gasteiger partial charge is 0.352 e. The van der Waals surface area contributed by atoms with Crippen LogP contribution in [0.3, 0.4) is 0 Å². The van der Waals surface area contributed by atoms with Gasteiger partial charge in [0.2, 0.25) is 5.78 Å². The molecule has 30 heavy (non-hydrogen) atoms. The number of rotatable bonds is 4. The van der Waals surface area contributed by atoms with E-state index in [1.807, 2.05) is 24.3 Å². The predicted molar refractivity (Wildman–Crippen MR) is 118 cm³/mol. The van der Waals surface area contributed by atoms with E-state index in [-0.39, 0.29) is 35.9 Å². The number of thiophene rings is 1. The maximum atomic E-state index is 13.3. The van der Waals surface area contributed by atoms with Gasteiger partial charge in [-0.25, -0.2) is 18.3 Å². The van der Waals surface area contributed by atoms with Crippen molar-refractivity contribution in [2.45, 2.75) is 13.1 Å². The van der Waals surface area contributed by atoms with Crippen LogP contribution in [0, 0.1) is 5.82 Å². The van der Waals surface area contributed by atoms with E-state index < -0.39 is 0 Å². The van der Waals surface area contributed by atoms with Gasteiger partial charge in [-0.15, -0.1) is 16.4 Å². The van der Waals surface area contributed by atoms with Gasteiger partial charge in [-0.3, -0.25) is 9.36 Å². The minimum atomic E-state index is -0.348. The first-order chi connectivity index (χ1) is 14.5. The number of hydrogen-bond acceptors (Lipinski definition) is 4. The Kier molecular flexibility index (Phi) is 4.63. The van der Waals surface area contributed by atoms with Gasteiger partial charge in [0, 0.05) is 4.47 Å². The summed E-state index contributed by atoms with van der Waals surface area (Å²) in [5, 5.41) is 6.27. The maximum Gasteiger partial charge on any atom is 0.352 e. The van der Waals surface area contributed by atoms with Crippen LogP contribution in [0.15, 0.2) is 74.0 Å². The average molecular weight is 485 g/mol. The van der Waals surface area contributed by atoms with Crippen LogP contribution in [-0.4, -0.2) is 18.7 Å². The van der Waals surface area contributed by atoms with Crippen LogP contribution >= 0.6 is 27.3 Å². The summed E-state index contributed by atoms with van der Waals surface area (Å²) < 4.78 is 19.0. The molecule has 5 rings (SSSR count). The van der Waals surface area contributed by atoms with Gasteiger partial charge in [-0.1, -0.05) is 40.2 Å². The first-order valence-electron chi connectivity index (χ1n) is 9.10. The Morgan fingerprint density at radius 3 is 2.57 bits per heavy atom. The molecular formula is C21H14BrFN4O2S. The number of benzene rings is 2. The third-order valence-corrected chi connectivity index (χ3v) is 6.25. The summed E-state index contributed by atoms with van der Waals surface area (Å²) in [5.41, 5.74) is 1.65. The molecule has 150 valence electrons. The zero-order valence-corrected chi connectivity index (χ0v) is 17.9. The molecule has 0 bridgehead atoms. The van der Waals surface area contributed by atoms with Crippen molar-refractivity contribution >= 4 is 43.3 Å². The summed E-state index contributed by atoms with van der Waals surface area (Å²) in [7, 11) is 0. The summed E-state index contributed by atoms with van der Waals surface area (Å²) in [6.45, 7) is 0.458. The quantitative estimate of drug-likeness (QED) is 0.389. The Morgan fingerprint density at radius 1 is 1.00 bits per heavy atom. The standard InChI is InChI=1S/C21H14BrFN4O2S/c22-15-3-1-2-14(10-15)12-26-21(29)27-17-8-9-30-18(17)19(28)25(20(27)24-26)11-13-4-6-16(23)7-5-13/h1-10H,11-12H2. The zero-order valence-electron chi connectivity index (χ0n) is 15.5. The van der Waals surface area contributed by atoms with Crippen molar-refractivity contribution in [1.29, 1.82) is 0 Å². The molecule has 0 unspecified atom stereocenters. The molecule has 0 saturated carbocycles. The van der Waals surface area contributed by atoms with Crippen molar-refractivity contribution < 1.29 is 4.39 Å². The summed E-state index contributed by atoms with van der Waals surface area (Å²) >= 11 is 4.72. The number of halogens is 2. The Morgan fingerprint density at radius 2 is 1.80 bits per heavy atom. The summed E-state index contributed by atoms with van der Waals surface area (Å²) in [5.74, 6) is -0.0882. The van der Waals surface area contributed by atoms with Crippen LogP contribution in [0.2, 0.25) is 0 Å². The summed E-state index contributed by atoms with van der Waals surface area (Å²) in [6.07, 6.45) is 0. The molecule has 5 aromatic rings. The Balaban J connectivity index is 1.72. The number of aromatic nitrogens is 4. The fourth-order valence-corrected chi connectivity index (χ4v) is 4.73. The van der Waals surface area contributed by atoms with Gasteiger partial charge in [-0.2, -0.15) is 0 Å². The SMILES string of the molecule is O=c1c2sccc2n2c(=O)n(Cc3cccc(Br)c3)nc2n1Cc1ccc(F)cc1. The van der Waals surface area contributed by atoms with E-state index in [0.29, 0.717) is 10.2 Å². The van der Waals surface area contributed by atoms with Gasteiger partial charge in [0.1, 0.15) is 10.5 Å². The maximum absolute atomic E-state index is 13.3. The molecule has 9 heteroatoms. The van der Waals surface area contributed by atoms with Crippen molar-refractivity contribution in [3.05, 3.63) is 102 Å². The monoisotopic (exact) mass is 484 g/mol. The number of nitrogens with zero attached hydrogens (tertiary/aromatic N) is 4. The molecule has 0 amide bonds. The minimum Gasteiger partial charge on any atom is -0.271 e. The highest BCUT2D eigenvalue weighted by Gasteiger charge is 2.18. The van der Waals surface area contributed by atoms with Gasteiger partial charge in [0.15, 0.2) is 0 Å². The molecule has 3 aromatic heterocycles. The molecular weight excluding hydrogens is 471 g/mol. The smallest absolute Gasteiger partial charge is 0.271 e. The fraction of sp³-hybridized carbons (Fsp3) is 0.0952. The number of fused-ring (bicyclic) bond motifs is 3. The van der Waals surface area contributed by atoms with Crippen LogP contribution in [0.1, 0.15) is 11.1 Å². The molecule has 0 radical (unpaired) electrons. The molecule has 0 aliphatic carbocycles. The van der Waals surface area contributed by atoms with E-state index >= 15 is 0 Å². The van der Waals surface area contributed by atoms with Crippen LogP contribution in [0.25, 0.3) is 16.0 Å². The van der Waals surface area contributed by atoms with Gasteiger partial charge in [-0.05, 0) is 46.8 Å². The van der Waals surface area contributed by atoms with Crippen molar-refractivity contribution in [2.24, 2.45) is 0 Å². The van der Waals surface area contributed by atoms with Gasteiger partial charge < -0.3 is 0 Å². The summed E-state index contributed by atoms with van der Waals surface area (Å²) in [6, 6.07) is 15.3. The minimum absolute atomic E-state index is 0.184. The van der Waals surface area contributed by atoms with Crippen molar-refractivity contribution in [3.63, 3.8) is 0 Å². The van der Waals surface area contributed by atoms with E-state index in [9.17, 15) is 14.0 Å². The Hall–Kier alpha value is -3.04. The Bertz CT molecular complexity index is 1510. The predicted octanol–water partition coefficient (Wildman–Crippen LogP) is 3.87. The summed E-state index contributed by atoms with van der Waals surface area (Å²) in [4.78, 5) is 26.3. The van der Waals surface area contributed by atoms with E-state index in [1.165, 1.54) is 37.1 Å². The molecule has 0 spiro atoms. The first-order valence-corrected chi connectivity index (χ1v) is 10.8. The topological polar surface area (TPSA) is 61.3 Å². The van der Waals surface area contributed by atoms with Crippen molar-refractivity contribution in [2.75, 3.05) is 0 Å². The van der Waals surface area contributed by atoms with Gasteiger partial charge in [0.25, 0.3) is 5.56 Å². The lowest BCUT2D eigenvalue weighted by Crippen LogP contribution is -2.26. The molecule has 0 aliphatic rings. The second kappa shape index (κ2) is 7.33. The van der Waals surface area contributed by atoms with E-state index in [0.717, 1.165) is 15.6 Å². The van der Waals surface area contributed by atoms with Crippen LogP contribution < -0.4 is 11.2 Å². The van der Waals surface area contributed by atoms with Crippen molar-refractivity contribution in [1.82, 2.24) is 18.7 Å². The molecule has 6 nitrogen and oxygen atoms in total. The second-order valence-electron chi connectivity index (χ2n) is 6.86. The third kappa shape index (κ3) is 3.20. The average Bonchev–Trinajstić information content (AvgIpc) is 3.32. The molecule has 0 fully saturated rings. The molecule has 0 saturated heterocycles. The van der Waals surface area contributed by atoms with E-state index in [4.69, 9.17) is 0 Å². The Labute approximate surface area is 181 Å². The van der Waals surface area contributed by atoms with Crippen LogP contribution in [0.5, 0.6) is 0 Å². The van der Waals surface area contributed by atoms with Gasteiger partial charge in [0.05, 0.1) is 18.6 Å². The highest BCUT2D eigenvalue weighted by molar-refractivity contribution is 9.10. The number of hydrogen-bond donors (Lipinski definition) is 0. The lowest BCUT2D eigenvalue weighted by atomic mass is 10.2. The lowest BCUT2D eigenvalue weighted by molar-refractivity contribution is 0.626. The zero-order chi connectivity index (χ0) is 20.8. The van der Waals surface area contributed by atoms with Crippen LogP contribution in [-0.2, 0) is 13.1 Å². The third-order valence-electron chi connectivity index (χ3n) is 4.86. The second-order valence-corrected chi connectivity index (χ2v) is 8.69. The van der Waals surface area contributed by atoms with E-state index in [1.54, 1.807) is 23.6 Å². The van der Waals surface area contributed by atoms with Crippen LogP contribution in [0.4, 0.5) is 4.39 Å². The highest BCUT2D eigenvalue weighted by Crippen LogP contribution is 2.18. The van der Waals surface area contributed by atoms with Crippen molar-refractivity contribution in [3.8, 4) is 0 Å². The van der Waals surface area contributed by atoms with Gasteiger partial charge >= 0.3 is 5.69 Å². The molecule has 2 aromatic carbocycles. The molecule has 0 N–H and O–H groups in total. The first kappa shape index (κ1) is 19.0. The molecule has 3 heterocycles. The highest BCUT2D eigenvalue weighted by atomic mass is 79.9. The normalized spacial score (nSPS) is 11.5. The van der Waals surface area contributed by atoms with E-state index in [2.05, 4.69) is 21.0 Å².